The Balaban J connectivity index is 2.12. The first-order valence-electron chi connectivity index (χ1n) is 7.64. The number of phenols is 1. The smallest absolute Gasteiger partial charge is 0.333 e. The third kappa shape index (κ3) is 5.12. The second kappa shape index (κ2) is 8.91. The summed E-state index contributed by atoms with van der Waals surface area (Å²) in [4.78, 5) is 26.2. The maximum atomic E-state index is 12.4. The Morgan fingerprint density at radius 2 is 1.92 bits per heavy atom. The number of benzene rings is 2. The van der Waals surface area contributed by atoms with Gasteiger partial charge in [0.05, 0.1) is 18.1 Å². The molecule has 138 valence electrons. The van der Waals surface area contributed by atoms with Gasteiger partial charge in [0, 0.05) is 17.8 Å². The van der Waals surface area contributed by atoms with Gasteiger partial charge in [0.2, 0.25) is 5.91 Å². The minimum atomic E-state index is -0.983. The molecule has 0 heterocycles. The molecule has 0 aliphatic heterocycles. The summed E-state index contributed by atoms with van der Waals surface area (Å²) < 4.78 is 5.19. The second-order valence-electron chi connectivity index (χ2n) is 5.57. The molecule has 8 heteroatoms. The maximum Gasteiger partial charge on any atom is 0.333 e. The number of aromatic hydroxyl groups is 1. The van der Waals surface area contributed by atoms with E-state index in [4.69, 9.17) is 16.3 Å². The first-order chi connectivity index (χ1) is 12.3. The van der Waals surface area contributed by atoms with Gasteiger partial charge in [-0.25, -0.2) is 4.79 Å². The summed E-state index contributed by atoms with van der Waals surface area (Å²) in [6.07, 6.45) is 0. The molecule has 0 bridgehead atoms. The van der Waals surface area contributed by atoms with Crippen LogP contribution < -0.4 is 10.2 Å². The molecule has 2 aromatic rings. The molecule has 1 atom stereocenters. The van der Waals surface area contributed by atoms with Gasteiger partial charge in [-0.15, -0.1) is 0 Å². The largest absolute Gasteiger partial charge is 0.507 e. The van der Waals surface area contributed by atoms with Gasteiger partial charge >= 0.3 is 5.97 Å². The van der Waals surface area contributed by atoms with Crippen molar-refractivity contribution >= 4 is 45.1 Å². The van der Waals surface area contributed by atoms with E-state index in [1.54, 1.807) is 48.3 Å². The molecule has 2 N–H and O–H groups in total. The maximum absolute atomic E-state index is 12.4. The Morgan fingerprint density at radius 1 is 1.27 bits per heavy atom. The number of carbonyl (C=O) groups is 2. The molecular weight excluding hydrogens is 424 g/mol. The molecule has 0 saturated carbocycles. The van der Waals surface area contributed by atoms with E-state index >= 15 is 0 Å². The fourth-order valence-electron chi connectivity index (χ4n) is 2.31. The van der Waals surface area contributed by atoms with Crippen LogP contribution in [0.25, 0.3) is 0 Å². The van der Waals surface area contributed by atoms with Gasteiger partial charge in [0.25, 0.3) is 0 Å². The summed E-state index contributed by atoms with van der Waals surface area (Å²) in [6.45, 7) is 0.0361. The lowest BCUT2D eigenvalue weighted by Gasteiger charge is -2.22. The van der Waals surface area contributed by atoms with Crippen LogP contribution in [0.2, 0.25) is 5.02 Å². The molecule has 0 fully saturated rings. The van der Waals surface area contributed by atoms with E-state index in [9.17, 15) is 14.7 Å². The van der Waals surface area contributed by atoms with Crippen molar-refractivity contribution in [2.45, 2.75) is 6.04 Å². The van der Waals surface area contributed by atoms with E-state index in [1.165, 1.54) is 13.2 Å². The highest BCUT2D eigenvalue weighted by Gasteiger charge is 2.24. The average molecular weight is 442 g/mol. The zero-order valence-corrected chi connectivity index (χ0v) is 16.5. The normalized spacial score (nSPS) is 11.5. The molecule has 26 heavy (non-hydrogen) atoms. The van der Waals surface area contributed by atoms with Gasteiger partial charge in [-0.2, -0.15) is 0 Å². The number of hydrogen-bond acceptors (Lipinski definition) is 5. The van der Waals surface area contributed by atoms with Gasteiger partial charge < -0.3 is 20.1 Å². The van der Waals surface area contributed by atoms with E-state index in [0.29, 0.717) is 15.1 Å². The number of halogens is 2. The van der Waals surface area contributed by atoms with E-state index < -0.39 is 12.0 Å². The molecule has 0 aliphatic carbocycles. The average Bonchev–Trinajstić information content (AvgIpc) is 2.62. The number of esters is 1. The van der Waals surface area contributed by atoms with E-state index in [1.807, 2.05) is 0 Å². The third-order valence-corrected chi connectivity index (χ3v) is 4.58. The first-order valence-corrected chi connectivity index (χ1v) is 8.81. The fourth-order valence-corrected chi connectivity index (χ4v) is 2.83. The third-order valence-electron chi connectivity index (χ3n) is 3.70. The number of rotatable bonds is 6. The van der Waals surface area contributed by atoms with Crippen molar-refractivity contribution in [1.82, 2.24) is 5.32 Å². The summed E-state index contributed by atoms with van der Waals surface area (Å²) >= 11 is 9.06. The Hall–Kier alpha value is -2.25. The lowest BCUT2D eigenvalue weighted by atomic mass is 10.1. The molecule has 0 radical (unpaired) electrons. The van der Waals surface area contributed by atoms with Gasteiger partial charge in [0.1, 0.15) is 5.75 Å². The number of carbonyl (C=O) groups excluding carboxylic acids is 2. The number of likely N-dealkylation sites (N-methyl/N-ethyl adjacent to an activating group) is 1. The topological polar surface area (TPSA) is 78.9 Å². The predicted octanol–water partition coefficient (Wildman–Crippen LogP) is 3.27. The van der Waals surface area contributed by atoms with E-state index in [2.05, 4.69) is 21.2 Å². The standard InChI is InChI=1S/C18H18BrClN2O4/c1-22(13-6-4-12(20)5-7-13)10-16(24)21-17(18(25)26-2)11-3-8-15(23)14(19)9-11/h3-9,17,23H,10H2,1-2H3,(H,21,24). The SMILES string of the molecule is COC(=O)C(NC(=O)CN(C)c1ccc(Cl)cc1)c1ccc(O)c(Br)c1. The van der Waals surface area contributed by atoms with Crippen LogP contribution in [0.5, 0.6) is 5.75 Å². The van der Waals surface area contributed by atoms with Crippen molar-refractivity contribution in [2.24, 2.45) is 0 Å². The number of phenolic OH excluding ortho intramolecular Hbond substituents is 1. The number of ether oxygens (including phenoxy) is 1. The zero-order chi connectivity index (χ0) is 19.3. The summed E-state index contributed by atoms with van der Waals surface area (Å²) in [7, 11) is 3.00. The summed E-state index contributed by atoms with van der Waals surface area (Å²) in [5.74, 6) is -0.932. The van der Waals surface area contributed by atoms with Crippen molar-refractivity contribution in [1.29, 1.82) is 0 Å². The van der Waals surface area contributed by atoms with Crippen molar-refractivity contribution in [2.75, 3.05) is 25.6 Å². The van der Waals surface area contributed by atoms with Crippen molar-refractivity contribution < 1.29 is 19.4 Å². The summed E-state index contributed by atoms with van der Waals surface area (Å²) in [5, 5.41) is 12.9. The molecule has 0 saturated heterocycles. The zero-order valence-electron chi connectivity index (χ0n) is 14.2. The Bertz CT molecular complexity index is 798. The molecule has 2 rings (SSSR count). The Labute approximate surface area is 164 Å². The van der Waals surface area contributed by atoms with Crippen LogP contribution >= 0.6 is 27.5 Å². The molecule has 2 aromatic carbocycles. The number of nitrogens with zero attached hydrogens (tertiary/aromatic N) is 1. The molecular formula is C18H18BrClN2O4. The highest BCUT2D eigenvalue weighted by molar-refractivity contribution is 9.10. The first kappa shape index (κ1) is 20.1. The van der Waals surface area contributed by atoms with E-state index in [-0.39, 0.29) is 18.2 Å². The fraction of sp³-hybridized carbons (Fsp3) is 0.222. The number of nitrogens with one attached hydrogen (secondary N) is 1. The molecule has 6 nitrogen and oxygen atoms in total. The van der Waals surface area contributed by atoms with Crippen LogP contribution in [0.4, 0.5) is 5.69 Å². The molecule has 0 aromatic heterocycles. The van der Waals surface area contributed by atoms with Crippen LogP contribution in [0.1, 0.15) is 11.6 Å². The summed E-state index contributed by atoms with van der Waals surface area (Å²) in [6, 6.07) is 10.6. The predicted molar refractivity (Wildman–Crippen MR) is 103 cm³/mol. The van der Waals surface area contributed by atoms with E-state index in [0.717, 1.165) is 5.69 Å². The lowest BCUT2D eigenvalue weighted by molar-refractivity contribution is -0.145. The number of amides is 1. The highest BCUT2D eigenvalue weighted by Crippen LogP contribution is 2.27. The minimum Gasteiger partial charge on any atom is -0.507 e. The van der Waals surface area contributed by atoms with Crippen LogP contribution in [0, 0.1) is 0 Å². The molecule has 0 aliphatic rings. The number of hydrogen-bond donors (Lipinski definition) is 2. The molecule has 1 amide bonds. The lowest BCUT2D eigenvalue weighted by Crippen LogP contribution is -2.40. The summed E-state index contributed by atoms with van der Waals surface area (Å²) in [5.41, 5.74) is 1.30. The van der Waals surface area contributed by atoms with Crippen molar-refractivity contribution in [3.05, 3.63) is 57.5 Å². The van der Waals surface area contributed by atoms with Crippen LogP contribution in [0.15, 0.2) is 46.9 Å². The van der Waals surface area contributed by atoms with Crippen LogP contribution in [0.3, 0.4) is 0 Å². The van der Waals surface area contributed by atoms with Crippen molar-refractivity contribution in [3.8, 4) is 5.75 Å². The number of anilines is 1. The van der Waals surface area contributed by atoms with Crippen LogP contribution in [-0.2, 0) is 14.3 Å². The second-order valence-corrected chi connectivity index (χ2v) is 6.86. The quantitative estimate of drug-likeness (QED) is 0.673. The molecule has 0 spiro atoms. The van der Waals surface area contributed by atoms with Gasteiger partial charge in [-0.1, -0.05) is 17.7 Å². The van der Waals surface area contributed by atoms with Crippen molar-refractivity contribution in [3.63, 3.8) is 0 Å². The monoisotopic (exact) mass is 440 g/mol. The Morgan fingerprint density at radius 3 is 2.50 bits per heavy atom. The number of methoxy groups -OCH3 is 1. The molecule has 1 unspecified atom stereocenters. The highest BCUT2D eigenvalue weighted by atomic mass is 79.9. The van der Waals surface area contributed by atoms with Gasteiger partial charge in [0.15, 0.2) is 6.04 Å². The minimum absolute atomic E-state index is 0.0335. The van der Waals surface area contributed by atoms with Gasteiger partial charge in [-0.05, 0) is 57.9 Å². The van der Waals surface area contributed by atoms with Gasteiger partial charge in [-0.3, -0.25) is 4.79 Å². The van der Waals surface area contributed by atoms with Crippen LogP contribution in [-0.4, -0.2) is 37.7 Å². The Kier molecular flexibility index (Phi) is 6.88.